The topological polar surface area (TPSA) is 98.7 Å². The van der Waals surface area contributed by atoms with Gasteiger partial charge < -0.3 is 15.5 Å². The van der Waals surface area contributed by atoms with Crippen molar-refractivity contribution in [1.82, 2.24) is 10.6 Å². The molecule has 0 aromatic carbocycles. The van der Waals surface area contributed by atoms with Crippen LogP contribution in [0.15, 0.2) is 0 Å². The lowest BCUT2D eigenvalue weighted by Crippen LogP contribution is -2.39. The normalized spacial score (nSPS) is 12.5. The van der Waals surface area contributed by atoms with Crippen LogP contribution in [-0.2, 0) is 9.59 Å². The highest BCUT2D eigenvalue weighted by atomic mass is 16.4. The van der Waals surface area contributed by atoms with Gasteiger partial charge in [-0.25, -0.2) is 0 Å². The van der Waals surface area contributed by atoms with E-state index in [0.717, 1.165) is 0 Å². The highest BCUT2D eigenvalue weighted by Crippen LogP contribution is 1.98. The first-order valence-corrected chi connectivity index (χ1v) is 4.83. The monoisotopic (exact) mass is 218 g/mol. The van der Waals surface area contributed by atoms with E-state index < -0.39 is 18.7 Å². The number of nitrogens with one attached hydrogen (secondary N) is 2. The van der Waals surface area contributed by atoms with E-state index in [1.54, 1.807) is 0 Å². The average Bonchev–Trinajstić information content (AvgIpc) is 2.10. The highest BCUT2D eigenvalue weighted by Gasteiger charge is 2.17. The van der Waals surface area contributed by atoms with Crippen LogP contribution < -0.4 is 10.6 Å². The largest absolute Gasteiger partial charge is 0.480 e. The van der Waals surface area contributed by atoms with Crippen molar-refractivity contribution in [1.29, 1.82) is 0 Å². The molecule has 0 heterocycles. The van der Waals surface area contributed by atoms with E-state index in [0.29, 0.717) is 0 Å². The molecule has 0 bridgehead atoms. The van der Waals surface area contributed by atoms with Gasteiger partial charge >= 0.3 is 5.97 Å². The Bertz CT molecular complexity index is 218. The zero-order chi connectivity index (χ0) is 11.8. The van der Waals surface area contributed by atoms with Gasteiger partial charge in [-0.15, -0.1) is 0 Å². The van der Waals surface area contributed by atoms with Crippen molar-refractivity contribution in [2.45, 2.75) is 38.8 Å². The van der Waals surface area contributed by atoms with E-state index in [2.05, 4.69) is 10.6 Å². The summed E-state index contributed by atoms with van der Waals surface area (Å²) in [6.45, 7) is 3.25. The number of hydrogen-bond acceptors (Lipinski definition) is 4. The van der Waals surface area contributed by atoms with Gasteiger partial charge in [0.05, 0.1) is 6.73 Å². The van der Waals surface area contributed by atoms with Crippen LogP contribution in [0.1, 0.15) is 26.7 Å². The third-order valence-corrected chi connectivity index (χ3v) is 1.75. The van der Waals surface area contributed by atoms with Crippen molar-refractivity contribution >= 4 is 11.9 Å². The molecule has 0 unspecified atom stereocenters. The second-order valence-corrected chi connectivity index (χ2v) is 3.51. The molecule has 0 aliphatic heterocycles. The molecular formula is C9H18N2O4. The Morgan fingerprint density at radius 1 is 1.33 bits per heavy atom. The summed E-state index contributed by atoms with van der Waals surface area (Å²) < 4.78 is 0. The Balaban J connectivity index is 3.88. The standard InChI is InChI=1S/C9H18N2O4/c1-6(2)11-8(13)4-3-7(9(14)15)10-5-12/h6-7,10,12H,3-5H2,1-2H3,(H,11,13)(H,14,15)/t7-/m0/s1. The summed E-state index contributed by atoms with van der Waals surface area (Å²) in [5, 5.41) is 22.2. The highest BCUT2D eigenvalue weighted by molar-refractivity contribution is 5.78. The molecule has 1 amide bonds. The summed E-state index contributed by atoms with van der Waals surface area (Å²) in [6, 6.07) is -0.834. The zero-order valence-corrected chi connectivity index (χ0v) is 8.99. The number of rotatable bonds is 7. The van der Waals surface area contributed by atoms with Gasteiger partial charge in [-0.2, -0.15) is 0 Å². The minimum atomic E-state index is -1.07. The summed E-state index contributed by atoms with van der Waals surface area (Å²) in [5.74, 6) is -1.25. The number of aliphatic hydroxyl groups excluding tert-OH is 1. The molecule has 0 spiro atoms. The molecule has 0 radical (unpaired) electrons. The van der Waals surface area contributed by atoms with Crippen molar-refractivity contribution in [3.8, 4) is 0 Å². The molecule has 0 aromatic rings. The smallest absolute Gasteiger partial charge is 0.320 e. The third kappa shape index (κ3) is 6.87. The maximum absolute atomic E-state index is 11.2. The minimum Gasteiger partial charge on any atom is -0.480 e. The molecule has 15 heavy (non-hydrogen) atoms. The Kier molecular flexibility index (Phi) is 6.64. The second-order valence-electron chi connectivity index (χ2n) is 3.51. The van der Waals surface area contributed by atoms with Crippen molar-refractivity contribution in [3.05, 3.63) is 0 Å². The summed E-state index contributed by atoms with van der Waals surface area (Å²) in [7, 11) is 0. The maximum Gasteiger partial charge on any atom is 0.320 e. The summed E-state index contributed by atoms with van der Waals surface area (Å²) in [5.41, 5.74) is 0. The van der Waals surface area contributed by atoms with Gasteiger partial charge in [-0.1, -0.05) is 0 Å². The van der Waals surface area contributed by atoms with Crippen LogP contribution in [0, 0.1) is 0 Å². The van der Waals surface area contributed by atoms with Gasteiger partial charge in [0.2, 0.25) is 5.91 Å². The first kappa shape index (κ1) is 13.9. The molecule has 0 aromatic heterocycles. The average molecular weight is 218 g/mol. The van der Waals surface area contributed by atoms with E-state index in [1.165, 1.54) is 0 Å². The number of hydrogen-bond donors (Lipinski definition) is 4. The van der Waals surface area contributed by atoms with Crippen molar-refractivity contribution < 1.29 is 19.8 Å². The van der Waals surface area contributed by atoms with Gasteiger partial charge in [0.25, 0.3) is 0 Å². The van der Waals surface area contributed by atoms with Crippen LogP contribution in [0.4, 0.5) is 0 Å². The molecule has 0 saturated carbocycles. The molecule has 1 atom stereocenters. The number of aliphatic hydroxyl groups is 1. The van der Waals surface area contributed by atoms with Gasteiger partial charge in [0.1, 0.15) is 6.04 Å². The van der Waals surface area contributed by atoms with Crippen LogP contribution in [-0.4, -0.2) is 40.9 Å². The summed E-state index contributed by atoms with van der Waals surface area (Å²) in [4.78, 5) is 21.8. The fraction of sp³-hybridized carbons (Fsp3) is 0.778. The van der Waals surface area contributed by atoms with E-state index in [4.69, 9.17) is 10.2 Å². The van der Waals surface area contributed by atoms with Crippen LogP contribution in [0.2, 0.25) is 0 Å². The maximum atomic E-state index is 11.2. The Hall–Kier alpha value is -1.14. The molecular weight excluding hydrogens is 200 g/mol. The molecule has 0 aliphatic rings. The van der Waals surface area contributed by atoms with Crippen molar-refractivity contribution in [2.75, 3.05) is 6.73 Å². The Morgan fingerprint density at radius 2 is 1.93 bits per heavy atom. The number of carboxylic acid groups (broad SMARTS) is 1. The van der Waals surface area contributed by atoms with Crippen molar-refractivity contribution in [2.24, 2.45) is 0 Å². The van der Waals surface area contributed by atoms with Crippen molar-refractivity contribution in [3.63, 3.8) is 0 Å². The Labute approximate surface area is 88.7 Å². The number of carboxylic acids is 1. The molecule has 6 heteroatoms. The van der Waals surface area contributed by atoms with Crippen LogP contribution >= 0.6 is 0 Å². The van der Waals surface area contributed by atoms with E-state index in [9.17, 15) is 9.59 Å². The predicted molar refractivity (Wildman–Crippen MR) is 54.2 cm³/mol. The van der Waals surface area contributed by atoms with Crippen LogP contribution in [0.5, 0.6) is 0 Å². The van der Waals surface area contributed by atoms with Gasteiger partial charge in [0.15, 0.2) is 0 Å². The van der Waals surface area contributed by atoms with E-state index >= 15 is 0 Å². The van der Waals surface area contributed by atoms with Gasteiger partial charge in [0, 0.05) is 12.5 Å². The molecule has 88 valence electrons. The number of aliphatic carboxylic acids is 1. The summed E-state index contributed by atoms with van der Waals surface area (Å²) in [6.07, 6.45) is 0.288. The lowest BCUT2D eigenvalue weighted by Gasteiger charge is -2.13. The zero-order valence-electron chi connectivity index (χ0n) is 8.99. The number of carbonyl (C=O) groups is 2. The number of carbonyl (C=O) groups excluding carboxylic acids is 1. The lowest BCUT2D eigenvalue weighted by atomic mass is 10.1. The molecule has 0 aliphatic carbocycles. The lowest BCUT2D eigenvalue weighted by molar-refractivity contribution is -0.140. The molecule has 0 rings (SSSR count). The second kappa shape index (κ2) is 7.19. The minimum absolute atomic E-state index is 0.0478. The summed E-state index contributed by atoms with van der Waals surface area (Å²) >= 11 is 0. The van der Waals surface area contributed by atoms with Gasteiger partial charge in [-0.05, 0) is 20.3 Å². The predicted octanol–water partition coefficient (Wildman–Crippen LogP) is -0.716. The molecule has 4 N–H and O–H groups in total. The van der Waals surface area contributed by atoms with Gasteiger partial charge in [-0.3, -0.25) is 14.9 Å². The molecule has 0 saturated heterocycles. The van der Waals surface area contributed by atoms with E-state index in [1.807, 2.05) is 13.8 Å². The number of amides is 1. The molecule has 6 nitrogen and oxygen atoms in total. The Morgan fingerprint density at radius 3 is 2.33 bits per heavy atom. The van der Waals surface area contributed by atoms with E-state index in [-0.39, 0.29) is 24.8 Å². The van der Waals surface area contributed by atoms with Crippen LogP contribution in [0.25, 0.3) is 0 Å². The first-order chi connectivity index (χ1) is 6.97. The fourth-order valence-electron chi connectivity index (χ4n) is 1.09. The SMILES string of the molecule is CC(C)NC(=O)CC[C@H](NCO)C(=O)O. The van der Waals surface area contributed by atoms with Crippen LogP contribution in [0.3, 0.4) is 0 Å². The first-order valence-electron chi connectivity index (χ1n) is 4.83. The fourth-order valence-corrected chi connectivity index (χ4v) is 1.09. The molecule has 0 fully saturated rings. The third-order valence-electron chi connectivity index (χ3n) is 1.75. The quantitative estimate of drug-likeness (QED) is 0.423.